The predicted molar refractivity (Wildman–Crippen MR) is 54.3 cm³/mol. The summed E-state index contributed by atoms with van der Waals surface area (Å²) >= 11 is 0. The highest BCUT2D eigenvalue weighted by atomic mass is 16.1. The summed E-state index contributed by atoms with van der Waals surface area (Å²) in [5.41, 5.74) is 4.50. The van der Waals surface area contributed by atoms with Crippen LogP contribution >= 0.6 is 0 Å². The first-order valence-corrected chi connectivity index (χ1v) is 3.97. The molecule has 0 aromatic carbocycles. The molecular weight excluding hydrogens is 151 g/mol. The zero-order valence-corrected chi connectivity index (χ0v) is 8.55. The van der Waals surface area contributed by atoms with E-state index in [1.165, 1.54) is 7.05 Å². The average Bonchev–Trinajstić information content (AvgIpc) is 2.03. The number of hydrogen-bond donors (Lipinski definition) is 2. The summed E-state index contributed by atoms with van der Waals surface area (Å²) in [4.78, 5) is 10.7. The Morgan fingerprint density at radius 3 is 2.00 bits per heavy atom. The average molecular weight is 171 g/mol. The largest absolute Gasteiger partial charge is 0.333 e. The van der Waals surface area contributed by atoms with Gasteiger partial charge in [-0.2, -0.15) is 0 Å². The predicted octanol–water partition coefficient (Wildman–Crippen LogP) is 0.158. The molecule has 3 N–H and O–H groups in total. The van der Waals surface area contributed by atoms with Crippen molar-refractivity contribution in [3.8, 4) is 0 Å². The standard InChI is InChI=1S/C7H15NO.CH5N.B/c1-4-5-7(8-3)6(2)9;1-2;/h7-8H,4-5H2,1-3H3;2H2,1H3;. The minimum absolute atomic E-state index is 0. The lowest BCUT2D eigenvalue weighted by atomic mass is 10.1. The van der Waals surface area contributed by atoms with Gasteiger partial charge in [-0.1, -0.05) is 13.3 Å². The monoisotopic (exact) mass is 171 g/mol. The van der Waals surface area contributed by atoms with Crippen LogP contribution in [0.3, 0.4) is 0 Å². The van der Waals surface area contributed by atoms with E-state index in [0.717, 1.165) is 12.8 Å². The van der Waals surface area contributed by atoms with E-state index < -0.39 is 0 Å². The van der Waals surface area contributed by atoms with Gasteiger partial charge in [0, 0.05) is 8.41 Å². The van der Waals surface area contributed by atoms with Crippen LogP contribution in [-0.4, -0.2) is 34.3 Å². The summed E-state index contributed by atoms with van der Waals surface area (Å²) in [6.07, 6.45) is 2.01. The van der Waals surface area contributed by atoms with E-state index in [9.17, 15) is 4.79 Å². The van der Waals surface area contributed by atoms with Crippen LogP contribution < -0.4 is 11.1 Å². The molecule has 0 aliphatic rings. The van der Waals surface area contributed by atoms with Gasteiger partial charge in [-0.05, 0) is 27.4 Å². The molecule has 0 saturated heterocycles. The van der Waals surface area contributed by atoms with Gasteiger partial charge in [0.05, 0.1) is 6.04 Å². The molecule has 0 rings (SSSR count). The van der Waals surface area contributed by atoms with Crippen molar-refractivity contribution in [2.45, 2.75) is 32.7 Å². The van der Waals surface area contributed by atoms with Gasteiger partial charge in [0.25, 0.3) is 0 Å². The van der Waals surface area contributed by atoms with Crippen LogP contribution in [0.15, 0.2) is 0 Å². The Morgan fingerprint density at radius 2 is 1.92 bits per heavy atom. The third-order valence-corrected chi connectivity index (χ3v) is 1.42. The first-order valence-electron chi connectivity index (χ1n) is 3.97. The number of Topliss-reactive ketones (excluding diaryl/α,β-unsaturated/α-hetero) is 1. The van der Waals surface area contributed by atoms with E-state index in [4.69, 9.17) is 0 Å². The maximum absolute atomic E-state index is 10.7. The van der Waals surface area contributed by atoms with Gasteiger partial charge in [0.15, 0.2) is 0 Å². The molecule has 3 nitrogen and oxygen atoms in total. The van der Waals surface area contributed by atoms with E-state index in [0.29, 0.717) is 0 Å². The fraction of sp³-hybridized carbons (Fsp3) is 0.875. The number of carbonyl (C=O) groups excluding carboxylic acids is 1. The van der Waals surface area contributed by atoms with E-state index in [1.54, 1.807) is 6.92 Å². The molecule has 71 valence electrons. The zero-order chi connectivity index (χ0) is 9.28. The van der Waals surface area contributed by atoms with Crippen LogP contribution in [0.2, 0.25) is 0 Å². The highest BCUT2D eigenvalue weighted by molar-refractivity contribution is 5.81. The Hall–Kier alpha value is -0.345. The number of nitrogens with one attached hydrogen (secondary N) is 1. The number of carbonyl (C=O) groups is 1. The van der Waals surface area contributed by atoms with Crippen LogP contribution in [0.4, 0.5) is 0 Å². The second-order valence-electron chi connectivity index (χ2n) is 2.24. The summed E-state index contributed by atoms with van der Waals surface area (Å²) in [6.45, 7) is 3.70. The molecule has 12 heavy (non-hydrogen) atoms. The van der Waals surface area contributed by atoms with E-state index in [-0.39, 0.29) is 20.2 Å². The first kappa shape index (κ1) is 17.7. The summed E-state index contributed by atoms with van der Waals surface area (Å²) in [5.74, 6) is 0.236. The third kappa shape index (κ3) is 9.65. The van der Waals surface area contributed by atoms with Crippen LogP contribution in [0.5, 0.6) is 0 Å². The van der Waals surface area contributed by atoms with Crippen molar-refractivity contribution in [1.82, 2.24) is 5.32 Å². The molecule has 0 bridgehead atoms. The second-order valence-corrected chi connectivity index (χ2v) is 2.24. The lowest BCUT2D eigenvalue weighted by Crippen LogP contribution is -2.31. The summed E-state index contributed by atoms with van der Waals surface area (Å²) < 4.78 is 0. The molecule has 0 heterocycles. The van der Waals surface area contributed by atoms with Crippen molar-refractivity contribution in [3.05, 3.63) is 0 Å². The molecule has 0 aromatic heterocycles. The molecule has 0 spiro atoms. The van der Waals surface area contributed by atoms with Crippen LogP contribution in [0, 0.1) is 0 Å². The van der Waals surface area contributed by atoms with E-state index in [2.05, 4.69) is 18.0 Å². The van der Waals surface area contributed by atoms with Gasteiger partial charge in [0.1, 0.15) is 5.78 Å². The molecule has 0 aromatic rings. The smallest absolute Gasteiger partial charge is 0.146 e. The van der Waals surface area contributed by atoms with Crippen molar-refractivity contribution in [1.29, 1.82) is 0 Å². The Bertz CT molecular complexity index is 99.1. The number of nitrogens with two attached hydrogens (primary N) is 1. The molecule has 3 radical (unpaired) electrons. The van der Waals surface area contributed by atoms with Crippen molar-refractivity contribution in [2.24, 2.45) is 5.73 Å². The Morgan fingerprint density at radius 1 is 1.50 bits per heavy atom. The molecule has 4 heteroatoms. The summed E-state index contributed by atoms with van der Waals surface area (Å²) in [7, 11) is 3.32. The molecule has 1 atom stereocenters. The quantitative estimate of drug-likeness (QED) is 0.592. The summed E-state index contributed by atoms with van der Waals surface area (Å²) in [5, 5.41) is 2.95. The van der Waals surface area contributed by atoms with Gasteiger partial charge < -0.3 is 11.1 Å². The number of ketones is 1. The molecule has 0 aliphatic carbocycles. The normalized spacial score (nSPS) is 10.4. The van der Waals surface area contributed by atoms with Gasteiger partial charge in [0.2, 0.25) is 0 Å². The number of hydrogen-bond acceptors (Lipinski definition) is 3. The van der Waals surface area contributed by atoms with Gasteiger partial charge in [-0.3, -0.25) is 4.79 Å². The van der Waals surface area contributed by atoms with Crippen molar-refractivity contribution < 1.29 is 4.79 Å². The lowest BCUT2D eigenvalue weighted by Gasteiger charge is -2.09. The zero-order valence-electron chi connectivity index (χ0n) is 8.55. The highest BCUT2D eigenvalue weighted by Gasteiger charge is 2.07. The summed E-state index contributed by atoms with van der Waals surface area (Å²) in [6, 6.07) is 0.0787. The van der Waals surface area contributed by atoms with Crippen molar-refractivity contribution >= 4 is 14.2 Å². The minimum atomic E-state index is 0. The first-order chi connectivity index (χ1) is 5.22. The molecule has 1 unspecified atom stereocenters. The van der Waals surface area contributed by atoms with Gasteiger partial charge in [-0.25, -0.2) is 0 Å². The lowest BCUT2D eigenvalue weighted by molar-refractivity contribution is -0.119. The van der Waals surface area contributed by atoms with Gasteiger partial charge in [-0.15, -0.1) is 0 Å². The van der Waals surface area contributed by atoms with E-state index in [1.807, 2.05) is 7.05 Å². The molecular formula is C8H20BN2O. The molecule has 0 amide bonds. The van der Waals surface area contributed by atoms with Crippen LogP contribution in [0.1, 0.15) is 26.7 Å². The Labute approximate surface area is 77.7 Å². The third-order valence-electron chi connectivity index (χ3n) is 1.42. The molecule has 0 aliphatic heterocycles. The van der Waals surface area contributed by atoms with E-state index >= 15 is 0 Å². The van der Waals surface area contributed by atoms with Gasteiger partial charge >= 0.3 is 0 Å². The van der Waals surface area contributed by atoms with Crippen LogP contribution in [0.25, 0.3) is 0 Å². The van der Waals surface area contributed by atoms with Crippen molar-refractivity contribution in [2.75, 3.05) is 14.1 Å². The Balaban J connectivity index is -0.000000249. The maximum atomic E-state index is 10.7. The SMILES string of the molecule is CCCC(NC)C(C)=O.CN.[B]. The number of rotatable bonds is 4. The van der Waals surface area contributed by atoms with Crippen LogP contribution in [-0.2, 0) is 4.79 Å². The second kappa shape index (κ2) is 13.3. The van der Waals surface area contributed by atoms with Crippen molar-refractivity contribution in [3.63, 3.8) is 0 Å². The maximum Gasteiger partial charge on any atom is 0.146 e. The fourth-order valence-electron chi connectivity index (χ4n) is 0.840. The fourth-order valence-corrected chi connectivity index (χ4v) is 0.840. The Kier molecular flexibility index (Phi) is 19.5. The molecule has 0 saturated carbocycles. The minimum Gasteiger partial charge on any atom is -0.333 e. The molecule has 0 fully saturated rings. The number of likely N-dealkylation sites (N-methyl/N-ethyl adjacent to an activating group) is 1. The highest BCUT2D eigenvalue weighted by Crippen LogP contribution is 1.95. The topological polar surface area (TPSA) is 55.1 Å².